The monoisotopic (exact) mass is 426 g/mol. The molecule has 1 aliphatic heterocycles. The molecule has 3 aromatic rings. The number of para-hydroxylation sites is 1. The highest BCUT2D eigenvalue weighted by atomic mass is 32.2. The zero-order valence-electron chi connectivity index (χ0n) is 16.2. The van der Waals surface area contributed by atoms with E-state index in [4.69, 9.17) is 4.42 Å². The van der Waals surface area contributed by atoms with Crippen molar-refractivity contribution in [2.75, 3.05) is 31.1 Å². The van der Waals surface area contributed by atoms with E-state index in [-0.39, 0.29) is 30.5 Å². The highest BCUT2D eigenvalue weighted by Gasteiger charge is 2.35. The Bertz CT molecular complexity index is 1230. The number of aromatic nitrogens is 1. The molecule has 0 radical (unpaired) electrons. The van der Waals surface area contributed by atoms with Crippen molar-refractivity contribution in [1.82, 2.24) is 9.29 Å². The number of halogens is 1. The van der Waals surface area contributed by atoms with Gasteiger partial charge in [-0.2, -0.15) is 14.6 Å². The Labute approximate surface area is 174 Å². The normalized spacial score (nSPS) is 15.2. The first-order valence-electron chi connectivity index (χ1n) is 9.38. The highest BCUT2D eigenvalue weighted by Crippen LogP contribution is 2.30. The number of anilines is 1. The lowest BCUT2D eigenvalue weighted by Gasteiger charge is -2.34. The number of oxazole rings is 1. The number of benzene rings is 2. The molecule has 1 fully saturated rings. The molecule has 0 N–H and O–H groups in total. The fourth-order valence-electron chi connectivity index (χ4n) is 3.47. The van der Waals surface area contributed by atoms with Crippen molar-refractivity contribution < 1.29 is 17.2 Å². The third-order valence-electron chi connectivity index (χ3n) is 5.08. The van der Waals surface area contributed by atoms with E-state index in [1.54, 1.807) is 35.2 Å². The fraction of sp³-hybridized carbons (Fsp3) is 0.238. The van der Waals surface area contributed by atoms with Crippen molar-refractivity contribution in [2.24, 2.45) is 0 Å². The van der Waals surface area contributed by atoms with E-state index in [9.17, 15) is 18.1 Å². The predicted molar refractivity (Wildman–Crippen MR) is 109 cm³/mol. The summed E-state index contributed by atoms with van der Waals surface area (Å²) in [6.45, 7) is 2.77. The van der Waals surface area contributed by atoms with Gasteiger partial charge in [-0.25, -0.2) is 12.8 Å². The molecular formula is C21H19FN4O3S. The molecule has 2 aromatic carbocycles. The Hall–Kier alpha value is -3.22. The summed E-state index contributed by atoms with van der Waals surface area (Å²) < 4.78 is 47.2. The van der Waals surface area contributed by atoms with Crippen molar-refractivity contribution in [2.45, 2.75) is 12.0 Å². The van der Waals surface area contributed by atoms with Gasteiger partial charge in [-0.15, -0.1) is 0 Å². The molecule has 0 aliphatic carbocycles. The van der Waals surface area contributed by atoms with Gasteiger partial charge in [-0.1, -0.05) is 30.3 Å². The number of nitriles is 1. The van der Waals surface area contributed by atoms with Crippen LogP contribution in [-0.2, 0) is 10.0 Å². The van der Waals surface area contributed by atoms with Gasteiger partial charge >= 0.3 is 0 Å². The zero-order chi connectivity index (χ0) is 21.3. The van der Waals surface area contributed by atoms with Gasteiger partial charge in [0.15, 0.2) is 5.69 Å². The van der Waals surface area contributed by atoms with Crippen LogP contribution < -0.4 is 4.90 Å². The summed E-state index contributed by atoms with van der Waals surface area (Å²) in [5.74, 6) is -0.258. The highest BCUT2D eigenvalue weighted by molar-refractivity contribution is 7.89. The summed E-state index contributed by atoms with van der Waals surface area (Å²) in [6, 6.07) is 15.4. The van der Waals surface area contributed by atoms with Crippen LogP contribution in [0.3, 0.4) is 0 Å². The second kappa shape index (κ2) is 7.89. The molecule has 0 atom stereocenters. The Balaban J connectivity index is 1.60. The first-order chi connectivity index (χ1) is 14.4. The van der Waals surface area contributed by atoms with Gasteiger partial charge in [0.05, 0.1) is 5.69 Å². The topological polar surface area (TPSA) is 90.4 Å². The first-order valence-corrected chi connectivity index (χ1v) is 10.8. The van der Waals surface area contributed by atoms with E-state index < -0.39 is 15.1 Å². The molecule has 154 valence electrons. The molecule has 0 amide bonds. The Morgan fingerprint density at radius 2 is 1.73 bits per heavy atom. The van der Waals surface area contributed by atoms with Crippen LogP contribution in [0.5, 0.6) is 0 Å². The van der Waals surface area contributed by atoms with E-state index in [1.807, 2.05) is 25.1 Å². The maximum absolute atomic E-state index is 14.0. The van der Waals surface area contributed by atoms with Crippen molar-refractivity contribution in [3.05, 3.63) is 65.6 Å². The van der Waals surface area contributed by atoms with E-state index in [1.165, 1.54) is 10.4 Å². The minimum Gasteiger partial charge on any atom is -0.422 e. The average molecular weight is 426 g/mol. The lowest BCUT2D eigenvalue weighted by molar-refractivity contribution is 0.362. The number of nitrogens with zero attached hydrogens (tertiary/aromatic N) is 4. The molecule has 0 saturated carbocycles. The second-order valence-corrected chi connectivity index (χ2v) is 8.76. The summed E-state index contributed by atoms with van der Waals surface area (Å²) in [6.07, 6.45) is 0. The molecule has 9 heteroatoms. The number of sulfonamides is 1. The third-order valence-corrected chi connectivity index (χ3v) is 6.87. The fourth-order valence-corrected chi connectivity index (χ4v) is 4.87. The molecule has 0 bridgehead atoms. The van der Waals surface area contributed by atoms with Crippen LogP contribution in [0.4, 0.5) is 10.1 Å². The van der Waals surface area contributed by atoms with Crippen LogP contribution >= 0.6 is 0 Å². The maximum Gasteiger partial charge on any atom is 0.279 e. The number of hydrogen-bond acceptors (Lipinski definition) is 6. The van der Waals surface area contributed by atoms with E-state index in [0.717, 1.165) is 5.56 Å². The quantitative estimate of drug-likeness (QED) is 0.637. The molecule has 2 heterocycles. The standard InChI is InChI=1S/C21H19FN4O3S/c1-15-6-2-3-7-16(15)20-24-18(14-23)21(29-20)30(27,28)26-12-10-25(11-13-26)19-9-5-4-8-17(19)22/h2-9H,10-13H2,1H3. The Morgan fingerprint density at radius 1 is 1.07 bits per heavy atom. The van der Waals surface area contributed by atoms with Gasteiger partial charge in [-0.05, 0) is 30.7 Å². The summed E-state index contributed by atoms with van der Waals surface area (Å²) in [4.78, 5) is 5.90. The average Bonchev–Trinajstić information content (AvgIpc) is 3.20. The van der Waals surface area contributed by atoms with Crippen LogP contribution in [0.2, 0.25) is 0 Å². The van der Waals surface area contributed by atoms with Gasteiger partial charge < -0.3 is 9.32 Å². The molecule has 4 rings (SSSR count). The molecule has 30 heavy (non-hydrogen) atoms. The zero-order valence-corrected chi connectivity index (χ0v) is 17.1. The van der Waals surface area contributed by atoms with Crippen LogP contribution in [0, 0.1) is 24.1 Å². The number of aryl methyl sites for hydroxylation is 1. The van der Waals surface area contributed by atoms with Gasteiger partial charge in [0.25, 0.3) is 15.1 Å². The smallest absolute Gasteiger partial charge is 0.279 e. The largest absolute Gasteiger partial charge is 0.422 e. The van der Waals surface area contributed by atoms with Crippen molar-refractivity contribution in [3.8, 4) is 17.5 Å². The molecule has 0 spiro atoms. The maximum atomic E-state index is 14.0. The molecular weight excluding hydrogens is 407 g/mol. The van der Waals surface area contributed by atoms with E-state index >= 15 is 0 Å². The van der Waals surface area contributed by atoms with Crippen molar-refractivity contribution in [1.29, 1.82) is 5.26 Å². The molecule has 1 aromatic heterocycles. The van der Waals surface area contributed by atoms with Gasteiger partial charge in [0.2, 0.25) is 5.89 Å². The van der Waals surface area contributed by atoms with E-state index in [0.29, 0.717) is 24.3 Å². The summed E-state index contributed by atoms with van der Waals surface area (Å²) in [5, 5.41) is 8.97. The van der Waals surface area contributed by atoms with Crippen molar-refractivity contribution >= 4 is 15.7 Å². The minimum absolute atomic E-state index is 0.0909. The second-order valence-electron chi connectivity index (χ2n) is 6.92. The van der Waals surface area contributed by atoms with Crippen LogP contribution in [0.1, 0.15) is 11.3 Å². The summed E-state index contributed by atoms with van der Waals surface area (Å²) >= 11 is 0. The lowest BCUT2D eigenvalue weighted by Crippen LogP contribution is -2.49. The SMILES string of the molecule is Cc1ccccc1-c1nc(C#N)c(S(=O)(=O)N2CCN(c3ccccc3F)CC2)o1. The first kappa shape index (κ1) is 20.1. The lowest BCUT2D eigenvalue weighted by atomic mass is 10.1. The molecule has 1 aliphatic rings. The number of rotatable bonds is 4. The Kier molecular flexibility index (Phi) is 5.28. The van der Waals surface area contributed by atoms with Crippen LogP contribution in [0.25, 0.3) is 11.5 Å². The van der Waals surface area contributed by atoms with Gasteiger partial charge in [0, 0.05) is 31.7 Å². The van der Waals surface area contributed by atoms with E-state index in [2.05, 4.69) is 4.98 Å². The summed E-state index contributed by atoms with van der Waals surface area (Å²) in [5.41, 5.74) is 1.64. The van der Waals surface area contributed by atoms with Gasteiger partial charge in [-0.3, -0.25) is 0 Å². The number of hydrogen-bond donors (Lipinski definition) is 0. The molecule has 0 unspecified atom stereocenters. The minimum atomic E-state index is -4.06. The number of piperazine rings is 1. The van der Waals surface area contributed by atoms with Crippen LogP contribution in [0.15, 0.2) is 58.0 Å². The molecule has 1 saturated heterocycles. The summed E-state index contributed by atoms with van der Waals surface area (Å²) in [7, 11) is -4.06. The predicted octanol–water partition coefficient (Wildman–Crippen LogP) is 3.17. The third kappa shape index (κ3) is 3.56. The Morgan fingerprint density at radius 3 is 2.40 bits per heavy atom. The van der Waals surface area contributed by atoms with Crippen LogP contribution in [-0.4, -0.2) is 43.9 Å². The molecule has 7 nitrogen and oxygen atoms in total. The van der Waals surface area contributed by atoms with Gasteiger partial charge in [0.1, 0.15) is 11.9 Å². The van der Waals surface area contributed by atoms with Crippen molar-refractivity contribution in [3.63, 3.8) is 0 Å².